The molecule has 2 aliphatic rings. The van der Waals surface area contributed by atoms with Gasteiger partial charge in [0.1, 0.15) is 4.90 Å². The van der Waals surface area contributed by atoms with E-state index in [2.05, 4.69) is 0 Å². The third-order valence-electron chi connectivity index (χ3n) is 5.24. The predicted molar refractivity (Wildman–Crippen MR) is 115 cm³/mol. The van der Waals surface area contributed by atoms with Crippen LogP contribution in [0.3, 0.4) is 0 Å². The second-order valence-corrected chi connectivity index (χ2v) is 11.8. The first-order valence-corrected chi connectivity index (χ1v) is 13.0. The number of halogens is 2. The van der Waals surface area contributed by atoms with E-state index in [1.54, 1.807) is 19.1 Å². The van der Waals surface area contributed by atoms with E-state index in [1.165, 1.54) is 32.9 Å². The van der Waals surface area contributed by atoms with Gasteiger partial charge in [0.05, 0.1) is 28.8 Å². The molecule has 0 aromatic heterocycles. The highest BCUT2D eigenvalue weighted by molar-refractivity contribution is 7.93. The summed E-state index contributed by atoms with van der Waals surface area (Å²) in [7, 11) is -7.65. The first-order valence-electron chi connectivity index (χ1n) is 9.32. The van der Waals surface area contributed by atoms with Crippen LogP contribution >= 0.6 is 23.2 Å². The molecule has 11 heteroatoms. The smallest absolute Gasteiger partial charge is 0.266 e. The van der Waals surface area contributed by atoms with Crippen molar-refractivity contribution in [3.05, 3.63) is 52.0 Å². The van der Waals surface area contributed by atoms with Crippen molar-refractivity contribution in [3.8, 4) is 0 Å². The van der Waals surface area contributed by atoms with Crippen LogP contribution in [0.4, 0.5) is 5.69 Å². The molecule has 162 valence electrons. The summed E-state index contributed by atoms with van der Waals surface area (Å²) in [6, 6.07) is 8.43. The van der Waals surface area contributed by atoms with Crippen molar-refractivity contribution < 1.29 is 21.6 Å². The largest absolute Gasteiger partial charge is 0.379 e. The fourth-order valence-corrected chi connectivity index (χ4v) is 7.72. The van der Waals surface area contributed by atoms with Crippen molar-refractivity contribution in [2.75, 3.05) is 30.6 Å². The Morgan fingerprint density at radius 1 is 0.967 bits per heavy atom. The first kappa shape index (κ1) is 21.9. The molecule has 2 aliphatic heterocycles. The molecular formula is C19H20Cl2N2O5S2. The number of fused-ring (bicyclic) bond motifs is 1. The lowest BCUT2D eigenvalue weighted by Crippen LogP contribution is -2.40. The number of sulfonamides is 2. The van der Waals surface area contributed by atoms with Gasteiger partial charge in [0.15, 0.2) is 0 Å². The van der Waals surface area contributed by atoms with Crippen molar-refractivity contribution in [2.24, 2.45) is 0 Å². The van der Waals surface area contributed by atoms with Crippen molar-refractivity contribution >= 4 is 48.9 Å². The van der Waals surface area contributed by atoms with E-state index >= 15 is 0 Å². The highest BCUT2D eigenvalue weighted by atomic mass is 35.5. The standard InChI is InChI=1S/C19H20Cl2N2O5S2/c1-13-10-14-11-16(29(24,25)22-6-8-28-9-7-22)3-5-18(14)23(13)30(26,27)19-12-15(20)2-4-17(19)21/h2-5,11-13H,6-10H2,1H3/t13-/m0/s1. The maximum Gasteiger partial charge on any atom is 0.266 e. The van der Waals surface area contributed by atoms with E-state index in [4.69, 9.17) is 27.9 Å². The third kappa shape index (κ3) is 3.72. The number of hydrogen-bond acceptors (Lipinski definition) is 5. The number of ether oxygens (including phenoxy) is 1. The van der Waals surface area contributed by atoms with Crippen LogP contribution < -0.4 is 4.31 Å². The summed E-state index contributed by atoms with van der Waals surface area (Å²) in [6.45, 7) is 3.07. The Bertz CT molecular complexity index is 1200. The van der Waals surface area contributed by atoms with E-state index in [9.17, 15) is 16.8 Å². The summed E-state index contributed by atoms with van der Waals surface area (Å²) in [4.78, 5) is 0.0665. The van der Waals surface area contributed by atoms with Crippen LogP contribution in [0.1, 0.15) is 12.5 Å². The number of morpholine rings is 1. The van der Waals surface area contributed by atoms with Crippen molar-refractivity contribution in [3.63, 3.8) is 0 Å². The summed E-state index contributed by atoms with van der Waals surface area (Å²) in [5.41, 5.74) is 1.10. The third-order valence-corrected chi connectivity index (χ3v) is 9.78. The number of rotatable bonds is 4. The maximum absolute atomic E-state index is 13.4. The molecule has 1 saturated heterocycles. The van der Waals surface area contributed by atoms with Crippen molar-refractivity contribution in [1.29, 1.82) is 0 Å². The molecule has 0 amide bonds. The quantitative estimate of drug-likeness (QED) is 0.656. The molecule has 0 radical (unpaired) electrons. The second kappa shape index (κ2) is 7.96. The molecule has 2 heterocycles. The normalized spacial score (nSPS) is 20.4. The van der Waals surface area contributed by atoms with Crippen LogP contribution in [0.5, 0.6) is 0 Å². The van der Waals surface area contributed by atoms with Gasteiger partial charge in [0.25, 0.3) is 10.0 Å². The molecule has 0 aliphatic carbocycles. The Hall–Kier alpha value is -1.36. The SMILES string of the molecule is C[C@H]1Cc2cc(S(=O)(=O)N3CCOCC3)ccc2N1S(=O)(=O)c1cc(Cl)ccc1Cl. The highest BCUT2D eigenvalue weighted by Gasteiger charge is 2.38. The molecule has 0 saturated carbocycles. The number of anilines is 1. The summed E-state index contributed by atoms with van der Waals surface area (Å²) in [6.07, 6.45) is 0.388. The summed E-state index contributed by atoms with van der Waals surface area (Å²) >= 11 is 12.1. The van der Waals surface area contributed by atoms with Gasteiger partial charge < -0.3 is 4.74 Å². The Kier molecular flexibility index (Phi) is 5.80. The molecule has 0 bridgehead atoms. The van der Waals surface area contributed by atoms with E-state index in [0.29, 0.717) is 44.0 Å². The fourth-order valence-electron chi connectivity index (χ4n) is 3.82. The molecule has 4 rings (SSSR count). The number of benzene rings is 2. The average molecular weight is 491 g/mol. The Labute approximate surface area is 186 Å². The molecule has 1 atom stereocenters. The zero-order valence-electron chi connectivity index (χ0n) is 16.1. The van der Waals surface area contributed by atoms with Gasteiger partial charge in [-0.25, -0.2) is 16.8 Å². The number of hydrogen-bond donors (Lipinski definition) is 0. The lowest BCUT2D eigenvalue weighted by Gasteiger charge is -2.27. The van der Waals surface area contributed by atoms with Crippen LogP contribution in [-0.4, -0.2) is 53.5 Å². The van der Waals surface area contributed by atoms with Crippen molar-refractivity contribution in [2.45, 2.75) is 29.2 Å². The number of nitrogens with zero attached hydrogens (tertiary/aromatic N) is 2. The Morgan fingerprint density at radius 3 is 2.37 bits per heavy atom. The van der Waals surface area contributed by atoms with E-state index in [0.717, 1.165) is 0 Å². The fraction of sp³-hybridized carbons (Fsp3) is 0.368. The van der Waals surface area contributed by atoms with Gasteiger partial charge in [0.2, 0.25) is 10.0 Å². The second-order valence-electron chi connectivity index (χ2n) is 7.24. The minimum absolute atomic E-state index is 0.0755. The topological polar surface area (TPSA) is 84.0 Å². The molecular weight excluding hydrogens is 471 g/mol. The molecule has 0 unspecified atom stereocenters. The molecule has 0 spiro atoms. The first-order chi connectivity index (χ1) is 14.1. The lowest BCUT2D eigenvalue weighted by molar-refractivity contribution is 0.0730. The predicted octanol–water partition coefficient (Wildman–Crippen LogP) is 3.15. The summed E-state index contributed by atoms with van der Waals surface area (Å²) in [5, 5.41) is 0.337. The maximum atomic E-state index is 13.4. The van der Waals surface area contributed by atoms with Gasteiger partial charge in [-0.1, -0.05) is 23.2 Å². The Balaban J connectivity index is 1.74. The van der Waals surface area contributed by atoms with Crippen molar-refractivity contribution in [1.82, 2.24) is 4.31 Å². The van der Waals surface area contributed by atoms with E-state index in [1.807, 2.05) is 0 Å². The minimum atomic E-state index is -3.98. The van der Waals surface area contributed by atoms with Crippen LogP contribution in [0.25, 0.3) is 0 Å². The highest BCUT2D eigenvalue weighted by Crippen LogP contribution is 2.40. The average Bonchev–Trinajstić information content (AvgIpc) is 3.06. The van der Waals surface area contributed by atoms with Crippen LogP contribution in [0.2, 0.25) is 10.0 Å². The monoisotopic (exact) mass is 490 g/mol. The van der Waals surface area contributed by atoms with Crippen LogP contribution in [0, 0.1) is 0 Å². The lowest BCUT2D eigenvalue weighted by atomic mass is 10.1. The van der Waals surface area contributed by atoms with Crippen LogP contribution in [0.15, 0.2) is 46.2 Å². The summed E-state index contributed by atoms with van der Waals surface area (Å²) in [5.74, 6) is 0. The zero-order valence-corrected chi connectivity index (χ0v) is 19.2. The van der Waals surface area contributed by atoms with E-state index < -0.39 is 26.1 Å². The molecule has 1 fully saturated rings. The molecule has 0 N–H and O–H groups in total. The van der Waals surface area contributed by atoms with Crippen LogP contribution in [-0.2, 0) is 31.2 Å². The molecule has 2 aromatic carbocycles. The summed E-state index contributed by atoms with van der Waals surface area (Å²) < 4.78 is 60.5. The minimum Gasteiger partial charge on any atom is -0.379 e. The van der Waals surface area contributed by atoms with Gasteiger partial charge in [-0.05, 0) is 55.3 Å². The van der Waals surface area contributed by atoms with Gasteiger partial charge in [-0.2, -0.15) is 4.31 Å². The van der Waals surface area contributed by atoms with Gasteiger partial charge in [0, 0.05) is 24.2 Å². The molecule has 30 heavy (non-hydrogen) atoms. The zero-order chi connectivity index (χ0) is 21.7. The van der Waals surface area contributed by atoms with E-state index in [-0.39, 0.29) is 19.8 Å². The molecule has 7 nitrogen and oxygen atoms in total. The van der Waals surface area contributed by atoms with Gasteiger partial charge in [-0.15, -0.1) is 0 Å². The Morgan fingerprint density at radius 2 is 1.67 bits per heavy atom. The van der Waals surface area contributed by atoms with Gasteiger partial charge >= 0.3 is 0 Å². The molecule has 2 aromatic rings. The van der Waals surface area contributed by atoms with Gasteiger partial charge in [-0.3, -0.25) is 4.31 Å².